The van der Waals surface area contributed by atoms with Crippen molar-refractivity contribution in [3.05, 3.63) is 258 Å². The van der Waals surface area contributed by atoms with Crippen molar-refractivity contribution in [2.24, 2.45) is 0 Å². The van der Waals surface area contributed by atoms with E-state index < -0.39 is 5.41 Å². The lowest BCUT2D eigenvalue weighted by Gasteiger charge is -2.33. The Morgan fingerprint density at radius 3 is 1.22 bits per heavy atom. The highest BCUT2D eigenvalue weighted by molar-refractivity contribution is 5.90. The van der Waals surface area contributed by atoms with Gasteiger partial charge in [-0.25, -0.2) is 15.0 Å². The molecule has 1 aromatic heterocycles. The van der Waals surface area contributed by atoms with E-state index in [1.807, 2.05) is 42.5 Å². The minimum absolute atomic E-state index is 0.525. The van der Waals surface area contributed by atoms with Crippen LogP contribution in [0.15, 0.2) is 231 Å². The van der Waals surface area contributed by atoms with E-state index in [0.717, 1.165) is 61.2 Å². The van der Waals surface area contributed by atoms with E-state index in [2.05, 4.69) is 194 Å². The molecule has 4 nitrogen and oxygen atoms in total. The number of nitrogens with zero attached hydrogens (tertiary/aromatic N) is 4. The maximum absolute atomic E-state index is 10.0. The second kappa shape index (κ2) is 15.8. The number of rotatable bonds is 8. The Kier molecular flexibility index (Phi) is 9.41. The number of fused-ring (bicyclic) bond motifs is 3. The molecule has 10 aromatic rings. The van der Waals surface area contributed by atoms with Crippen molar-refractivity contribution < 1.29 is 0 Å². The standard InChI is InChI=1S/C59H38N4/c60-39-40-24-34-54-52(36-40)53-38-48(33-35-55(53)59(54,50-20-9-3-10-21-50)51-22-11-4-12-23-51)44-27-25-43(26-28-44)47-18-13-19-49(37-47)58-62-56(45-16-7-2-8-17-45)61-57(63-58)46-31-29-42(30-32-46)41-14-5-1-6-15-41/h1-38H. The third-order valence-corrected chi connectivity index (χ3v) is 12.3. The molecule has 1 aliphatic rings. The molecule has 1 aliphatic carbocycles. The van der Waals surface area contributed by atoms with Crippen LogP contribution >= 0.6 is 0 Å². The summed E-state index contributed by atoms with van der Waals surface area (Å²) in [5, 5.41) is 10.0. The fourth-order valence-electron chi connectivity index (χ4n) is 9.23. The van der Waals surface area contributed by atoms with Crippen molar-refractivity contribution in [1.82, 2.24) is 15.0 Å². The van der Waals surface area contributed by atoms with Gasteiger partial charge in [-0.1, -0.05) is 206 Å². The zero-order chi connectivity index (χ0) is 42.2. The average Bonchev–Trinajstić information content (AvgIpc) is 3.67. The Hall–Kier alpha value is -8.52. The maximum Gasteiger partial charge on any atom is 0.164 e. The highest BCUT2D eigenvalue weighted by Gasteiger charge is 2.46. The molecular formula is C59H38N4. The lowest BCUT2D eigenvalue weighted by atomic mass is 9.67. The molecule has 0 N–H and O–H groups in total. The van der Waals surface area contributed by atoms with Crippen LogP contribution in [-0.2, 0) is 5.41 Å². The summed E-state index contributed by atoms with van der Waals surface area (Å²) in [4.78, 5) is 15.0. The Balaban J connectivity index is 0.953. The summed E-state index contributed by atoms with van der Waals surface area (Å²) in [6.07, 6.45) is 0. The maximum atomic E-state index is 10.0. The van der Waals surface area contributed by atoms with Gasteiger partial charge in [0.25, 0.3) is 0 Å². The van der Waals surface area contributed by atoms with Crippen LogP contribution in [0.2, 0.25) is 0 Å². The lowest BCUT2D eigenvalue weighted by molar-refractivity contribution is 0.768. The molecule has 0 saturated heterocycles. The first-order chi connectivity index (χ1) is 31.2. The second-order valence-corrected chi connectivity index (χ2v) is 15.9. The lowest BCUT2D eigenvalue weighted by Crippen LogP contribution is -2.28. The zero-order valence-electron chi connectivity index (χ0n) is 34.2. The molecule has 0 aliphatic heterocycles. The number of hydrogen-bond acceptors (Lipinski definition) is 4. The molecule has 0 amide bonds. The second-order valence-electron chi connectivity index (χ2n) is 15.9. The van der Waals surface area contributed by atoms with Gasteiger partial charge >= 0.3 is 0 Å². The first kappa shape index (κ1) is 37.5. The summed E-state index contributed by atoms with van der Waals surface area (Å²) in [5.41, 5.74) is 16.6. The Morgan fingerprint density at radius 1 is 0.302 bits per heavy atom. The van der Waals surface area contributed by atoms with Crippen molar-refractivity contribution in [3.8, 4) is 84.7 Å². The molecule has 11 rings (SSSR count). The molecule has 0 unspecified atom stereocenters. The summed E-state index contributed by atoms with van der Waals surface area (Å²) in [6.45, 7) is 0. The van der Waals surface area contributed by atoms with Crippen molar-refractivity contribution in [1.29, 1.82) is 5.26 Å². The van der Waals surface area contributed by atoms with Gasteiger partial charge in [-0.3, -0.25) is 0 Å². The minimum atomic E-state index is -0.525. The predicted molar refractivity (Wildman–Crippen MR) is 254 cm³/mol. The summed E-state index contributed by atoms with van der Waals surface area (Å²) < 4.78 is 0. The van der Waals surface area contributed by atoms with E-state index in [1.54, 1.807) is 0 Å². The van der Waals surface area contributed by atoms with E-state index >= 15 is 0 Å². The molecule has 0 atom stereocenters. The van der Waals surface area contributed by atoms with Crippen LogP contribution in [0.4, 0.5) is 0 Å². The molecule has 0 fully saturated rings. The van der Waals surface area contributed by atoms with Gasteiger partial charge in [0.15, 0.2) is 17.5 Å². The summed E-state index contributed by atoms with van der Waals surface area (Å²) >= 11 is 0. The number of hydrogen-bond donors (Lipinski definition) is 0. The van der Waals surface area contributed by atoms with Crippen molar-refractivity contribution in [2.45, 2.75) is 5.41 Å². The number of aromatic nitrogens is 3. The number of benzene rings is 9. The normalized spacial score (nSPS) is 12.2. The molecule has 0 spiro atoms. The largest absolute Gasteiger partial charge is 0.208 e. The SMILES string of the molecule is N#Cc1ccc2c(c1)-c1cc(-c3ccc(-c4cccc(-c5nc(-c6ccccc6)nc(-c6ccc(-c7ccccc7)cc6)n5)c4)cc3)ccc1C2(c1ccccc1)c1ccccc1. The highest BCUT2D eigenvalue weighted by atomic mass is 15.0. The monoisotopic (exact) mass is 802 g/mol. The Morgan fingerprint density at radius 2 is 0.667 bits per heavy atom. The highest BCUT2D eigenvalue weighted by Crippen LogP contribution is 2.57. The first-order valence-electron chi connectivity index (χ1n) is 21.1. The molecule has 0 radical (unpaired) electrons. The number of nitriles is 1. The molecule has 294 valence electrons. The molecular weight excluding hydrogens is 765 g/mol. The van der Waals surface area contributed by atoms with Gasteiger partial charge in [0.1, 0.15) is 0 Å². The first-order valence-corrected chi connectivity index (χ1v) is 21.1. The van der Waals surface area contributed by atoms with E-state index in [9.17, 15) is 5.26 Å². The third-order valence-electron chi connectivity index (χ3n) is 12.3. The van der Waals surface area contributed by atoms with Crippen molar-refractivity contribution >= 4 is 0 Å². The third kappa shape index (κ3) is 6.70. The van der Waals surface area contributed by atoms with E-state index in [1.165, 1.54) is 22.3 Å². The van der Waals surface area contributed by atoms with Crippen LogP contribution in [0.25, 0.3) is 78.7 Å². The van der Waals surface area contributed by atoms with Gasteiger partial charge in [-0.2, -0.15) is 5.26 Å². The Labute approximate surface area is 367 Å². The fraction of sp³-hybridized carbons (Fsp3) is 0.0169. The predicted octanol–water partition coefficient (Wildman–Crippen LogP) is 14.1. The van der Waals surface area contributed by atoms with Gasteiger partial charge in [0, 0.05) is 16.7 Å². The fourth-order valence-corrected chi connectivity index (χ4v) is 9.23. The van der Waals surface area contributed by atoms with E-state index in [0.29, 0.717) is 23.0 Å². The average molecular weight is 803 g/mol. The zero-order valence-corrected chi connectivity index (χ0v) is 34.2. The van der Waals surface area contributed by atoms with Gasteiger partial charge in [0.2, 0.25) is 0 Å². The summed E-state index contributed by atoms with van der Waals surface area (Å²) in [5.74, 6) is 1.87. The quantitative estimate of drug-likeness (QED) is 0.153. The molecule has 4 heteroatoms. The van der Waals surface area contributed by atoms with Gasteiger partial charge in [-0.05, 0) is 91.0 Å². The molecule has 1 heterocycles. The molecule has 63 heavy (non-hydrogen) atoms. The minimum Gasteiger partial charge on any atom is -0.208 e. The van der Waals surface area contributed by atoms with Crippen LogP contribution in [0.3, 0.4) is 0 Å². The molecule has 0 bridgehead atoms. The van der Waals surface area contributed by atoms with Gasteiger partial charge < -0.3 is 0 Å². The van der Waals surface area contributed by atoms with Crippen LogP contribution < -0.4 is 0 Å². The van der Waals surface area contributed by atoms with Gasteiger partial charge in [0.05, 0.1) is 17.0 Å². The Bertz CT molecular complexity index is 3260. The van der Waals surface area contributed by atoms with E-state index in [-0.39, 0.29) is 0 Å². The van der Waals surface area contributed by atoms with Crippen LogP contribution in [-0.4, -0.2) is 15.0 Å². The molecule has 9 aromatic carbocycles. The summed E-state index contributed by atoms with van der Waals surface area (Å²) in [7, 11) is 0. The molecule has 0 saturated carbocycles. The topological polar surface area (TPSA) is 62.5 Å². The van der Waals surface area contributed by atoms with Crippen molar-refractivity contribution in [3.63, 3.8) is 0 Å². The van der Waals surface area contributed by atoms with Crippen LogP contribution in [0.5, 0.6) is 0 Å². The van der Waals surface area contributed by atoms with Crippen LogP contribution in [0, 0.1) is 11.3 Å². The van der Waals surface area contributed by atoms with Gasteiger partial charge in [-0.15, -0.1) is 0 Å². The van der Waals surface area contributed by atoms with Crippen LogP contribution in [0.1, 0.15) is 27.8 Å². The van der Waals surface area contributed by atoms with Crippen molar-refractivity contribution in [2.75, 3.05) is 0 Å². The summed E-state index contributed by atoms with van der Waals surface area (Å²) in [6, 6.07) is 82.9. The smallest absolute Gasteiger partial charge is 0.164 e. The van der Waals surface area contributed by atoms with E-state index in [4.69, 9.17) is 15.0 Å².